The highest BCUT2D eigenvalue weighted by Gasteiger charge is 2.28. The van der Waals surface area contributed by atoms with Gasteiger partial charge in [0.1, 0.15) is 6.10 Å². The number of carbonyl (C=O) groups is 2. The third-order valence-corrected chi connectivity index (χ3v) is 2.73. The lowest BCUT2D eigenvalue weighted by molar-refractivity contribution is -0.385. The zero-order valence-corrected chi connectivity index (χ0v) is 10.9. The monoisotopic (exact) mass is 299 g/mol. The molecule has 21 heavy (non-hydrogen) atoms. The zero-order valence-electron chi connectivity index (χ0n) is 10.9. The third-order valence-electron chi connectivity index (χ3n) is 2.73. The summed E-state index contributed by atoms with van der Waals surface area (Å²) in [5.41, 5.74) is -0.684. The van der Waals surface area contributed by atoms with E-state index in [2.05, 4.69) is 4.74 Å². The summed E-state index contributed by atoms with van der Waals surface area (Å²) < 4.78 is 4.25. The van der Waals surface area contributed by atoms with Gasteiger partial charge in [-0.25, -0.2) is 4.79 Å². The molecule has 1 aromatic carbocycles. The van der Waals surface area contributed by atoms with Crippen LogP contribution in [-0.4, -0.2) is 45.4 Å². The molecule has 0 bridgehead atoms. The van der Waals surface area contributed by atoms with E-state index in [9.17, 15) is 29.9 Å². The summed E-state index contributed by atoms with van der Waals surface area (Å²) in [5.74, 6) is -2.35. The Labute approximate surface area is 118 Å². The van der Waals surface area contributed by atoms with Crippen molar-refractivity contribution < 1.29 is 34.6 Å². The largest absolute Gasteiger partial charge is 0.481 e. The lowest BCUT2D eigenvalue weighted by Crippen LogP contribution is -2.29. The highest BCUT2D eigenvalue weighted by molar-refractivity contribution is 5.75. The van der Waals surface area contributed by atoms with Gasteiger partial charge in [0.05, 0.1) is 18.5 Å². The maximum absolute atomic E-state index is 11.1. The summed E-state index contributed by atoms with van der Waals surface area (Å²) in [6.45, 7) is 0. The normalized spacial score (nSPS) is 13.3. The fourth-order valence-electron chi connectivity index (χ4n) is 1.68. The second kappa shape index (κ2) is 6.77. The Morgan fingerprint density at radius 2 is 2.00 bits per heavy atom. The maximum Gasteiger partial charge on any atom is 0.337 e. The van der Waals surface area contributed by atoms with Gasteiger partial charge in [-0.15, -0.1) is 0 Å². The topological polar surface area (TPSA) is 147 Å². The molecule has 9 nitrogen and oxygen atoms in total. The summed E-state index contributed by atoms with van der Waals surface area (Å²) in [4.78, 5) is 31.8. The lowest BCUT2D eigenvalue weighted by atomic mass is 10.00. The minimum absolute atomic E-state index is 0.0593. The number of hydrogen-bond donors (Lipinski definition) is 3. The van der Waals surface area contributed by atoms with Crippen LogP contribution in [0, 0.1) is 10.1 Å². The Bertz CT molecular complexity index is 570. The molecular weight excluding hydrogens is 286 g/mol. The van der Waals surface area contributed by atoms with E-state index in [1.54, 1.807) is 0 Å². The molecule has 0 aliphatic carbocycles. The van der Waals surface area contributed by atoms with Crippen LogP contribution in [-0.2, 0) is 20.7 Å². The van der Waals surface area contributed by atoms with Gasteiger partial charge >= 0.3 is 11.9 Å². The van der Waals surface area contributed by atoms with Gasteiger partial charge in [0.2, 0.25) is 0 Å². The Morgan fingerprint density at radius 3 is 2.48 bits per heavy atom. The zero-order chi connectivity index (χ0) is 16.2. The highest BCUT2D eigenvalue weighted by Crippen LogP contribution is 2.26. The summed E-state index contributed by atoms with van der Waals surface area (Å²) in [7, 11) is 1.01. The molecule has 0 amide bonds. The first-order chi connectivity index (χ1) is 9.77. The van der Waals surface area contributed by atoms with Gasteiger partial charge in [0.25, 0.3) is 5.69 Å². The number of aliphatic hydroxyl groups excluding tert-OH is 2. The van der Waals surface area contributed by atoms with E-state index in [-0.39, 0.29) is 11.1 Å². The van der Waals surface area contributed by atoms with E-state index >= 15 is 0 Å². The standard InChI is InChI=1S/C12H13NO8/c1-21-12(18)11(17)10(16)7-3-2-6(5-9(14)15)8(4-7)13(19)20/h2-4,10-11,16-17H,5H2,1H3,(H,14,15). The van der Waals surface area contributed by atoms with E-state index in [1.165, 1.54) is 6.07 Å². The Kier molecular flexibility index (Phi) is 5.33. The summed E-state index contributed by atoms with van der Waals surface area (Å²) in [5, 5.41) is 38.9. The predicted molar refractivity (Wildman–Crippen MR) is 67.4 cm³/mol. The number of ether oxygens (including phenoxy) is 1. The van der Waals surface area contributed by atoms with Crippen molar-refractivity contribution in [2.75, 3.05) is 7.11 Å². The fraction of sp³-hybridized carbons (Fsp3) is 0.333. The molecule has 1 aromatic rings. The van der Waals surface area contributed by atoms with Crippen LogP contribution in [0.4, 0.5) is 5.69 Å². The number of nitro benzene ring substituents is 1. The van der Waals surface area contributed by atoms with Crippen LogP contribution < -0.4 is 0 Å². The molecule has 3 N–H and O–H groups in total. The number of rotatable bonds is 6. The molecule has 0 aliphatic heterocycles. The van der Waals surface area contributed by atoms with Gasteiger partial charge in [-0.05, 0) is 5.56 Å². The van der Waals surface area contributed by atoms with Crippen LogP contribution in [0.2, 0.25) is 0 Å². The average Bonchev–Trinajstić information content (AvgIpc) is 2.44. The average molecular weight is 299 g/mol. The molecule has 0 radical (unpaired) electrons. The number of carboxylic acid groups (broad SMARTS) is 1. The van der Waals surface area contributed by atoms with E-state index in [4.69, 9.17) is 5.11 Å². The van der Waals surface area contributed by atoms with Crippen molar-refractivity contribution >= 4 is 17.6 Å². The minimum atomic E-state index is -1.90. The molecule has 114 valence electrons. The van der Waals surface area contributed by atoms with Gasteiger partial charge in [-0.2, -0.15) is 0 Å². The molecule has 0 saturated heterocycles. The van der Waals surface area contributed by atoms with E-state index in [0.717, 1.165) is 19.2 Å². The quantitative estimate of drug-likeness (QED) is 0.371. The molecule has 0 aliphatic rings. The van der Waals surface area contributed by atoms with E-state index in [1.807, 2.05) is 0 Å². The number of esters is 1. The first kappa shape index (κ1) is 16.5. The van der Waals surface area contributed by atoms with Crippen molar-refractivity contribution in [3.05, 3.63) is 39.4 Å². The van der Waals surface area contributed by atoms with Crippen molar-refractivity contribution in [3.8, 4) is 0 Å². The second-order valence-electron chi connectivity index (χ2n) is 4.13. The first-order valence-corrected chi connectivity index (χ1v) is 5.71. The summed E-state index contributed by atoms with van der Waals surface area (Å²) in [6, 6.07) is 3.26. The van der Waals surface area contributed by atoms with Crippen molar-refractivity contribution in [1.82, 2.24) is 0 Å². The Balaban J connectivity index is 3.16. The smallest absolute Gasteiger partial charge is 0.337 e. The van der Waals surface area contributed by atoms with Crippen LogP contribution >= 0.6 is 0 Å². The Hall–Kier alpha value is -2.52. The molecule has 2 atom stereocenters. The van der Waals surface area contributed by atoms with Crippen LogP contribution in [0.1, 0.15) is 17.2 Å². The molecular formula is C12H13NO8. The Morgan fingerprint density at radius 1 is 1.38 bits per heavy atom. The van der Waals surface area contributed by atoms with Crippen molar-refractivity contribution in [2.24, 2.45) is 0 Å². The highest BCUT2D eigenvalue weighted by atomic mass is 16.6. The molecule has 0 spiro atoms. The first-order valence-electron chi connectivity index (χ1n) is 5.71. The van der Waals surface area contributed by atoms with E-state index in [0.29, 0.717) is 0 Å². The summed E-state index contributed by atoms with van der Waals surface area (Å²) >= 11 is 0. The summed E-state index contributed by atoms with van der Waals surface area (Å²) in [6.07, 6.45) is -4.19. The van der Waals surface area contributed by atoms with Gasteiger partial charge < -0.3 is 20.1 Å². The van der Waals surface area contributed by atoms with Crippen LogP contribution in [0.5, 0.6) is 0 Å². The number of carbonyl (C=O) groups excluding carboxylic acids is 1. The number of methoxy groups -OCH3 is 1. The predicted octanol–water partition coefficient (Wildman–Crippen LogP) is -0.211. The number of nitrogens with zero attached hydrogens (tertiary/aromatic N) is 1. The number of carboxylic acids is 1. The second-order valence-corrected chi connectivity index (χ2v) is 4.13. The number of nitro groups is 1. The SMILES string of the molecule is COC(=O)C(O)C(O)c1ccc(CC(=O)O)c([N+](=O)[O-])c1. The van der Waals surface area contributed by atoms with Gasteiger partial charge in [0, 0.05) is 11.6 Å². The van der Waals surface area contributed by atoms with Crippen LogP contribution in [0.25, 0.3) is 0 Å². The maximum atomic E-state index is 11.1. The number of benzene rings is 1. The van der Waals surface area contributed by atoms with E-state index < -0.39 is 41.2 Å². The van der Waals surface area contributed by atoms with Crippen molar-refractivity contribution in [3.63, 3.8) is 0 Å². The number of aliphatic hydroxyl groups is 2. The van der Waals surface area contributed by atoms with Gasteiger partial charge in [0.15, 0.2) is 6.10 Å². The molecule has 9 heteroatoms. The molecule has 0 heterocycles. The van der Waals surface area contributed by atoms with Crippen molar-refractivity contribution in [1.29, 1.82) is 0 Å². The molecule has 0 saturated carbocycles. The minimum Gasteiger partial charge on any atom is -0.481 e. The van der Waals surface area contributed by atoms with Gasteiger partial charge in [-0.3, -0.25) is 14.9 Å². The molecule has 0 aromatic heterocycles. The van der Waals surface area contributed by atoms with Crippen LogP contribution in [0.15, 0.2) is 18.2 Å². The lowest BCUT2D eigenvalue weighted by Gasteiger charge is -2.16. The molecule has 0 fully saturated rings. The van der Waals surface area contributed by atoms with Gasteiger partial charge in [-0.1, -0.05) is 12.1 Å². The number of hydrogen-bond acceptors (Lipinski definition) is 7. The molecule has 2 unspecified atom stereocenters. The third kappa shape index (κ3) is 3.97. The van der Waals surface area contributed by atoms with Crippen molar-refractivity contribution in [2.45, 2.75) is 18.6 Å². The number of aliphatic carboxylic acids is 1. The molecule has 1 rings (SSSR count). The fourth-order valence-corrected chi connectivity index (χ4v) is 1.68. The van der Waals surface area contributed by atoms with Crippen LogP contribution in [0.3, 0.4) is 0 Å².